The molecule has 2 aromatic carbocycles. The molecule has 0 unspecified atom stereocenters. The first-order chi connectivity index (χ1) is 16.4. The van der Waals surface area contributed by atoms with Gasteiger partial charge in [0, 0.05) is 12.5 Å². The van der Waals surface area contributed by atoms with E-state index < -0.39 is 6.10 Å². The normalized spacial score (nSPS) is 22.4. The fraction of sp³-hybridized carbons (Fsp3) is 0.393. The van der Waals surface area contributed by atoms with Crippen LogP contribution in [0.4, 0.5) is 4.39 Å². The summed E-state index contributed by atoms with van der Waals surface area (Å²) in [6.07, 6.45) is 8.07. The van der Waals surface area contributed by atoms with Gasteiger partial charge in [-0.05, 0) is 84.6 Å². The molecule has 0 bridgehead atoms. The quantitative estimate of drug-likeness (QED) is 0.535. The molecule has 5 rings (SSSR count). The molecule has 5 nitrogen and oxygen atoms in total. The lowest BCUT2D eigenvalue weighted by atomic mass is 9.58. The van der Waals surface area contributed by atoms with Crippen molar-refractivity contribution < 1.29 is 19.0 Å². The van der Waals surface area contributed by atoms with E-state index in [0.29, 0.717) is 6.42 Å². The van der Waals surface area contributed by atoms with Crippen molar-refractivity contribution in [2.24, 2.45) is 11.3 Å². The van der Waals surface area contributed by atoms with Crippen LogP contribution in [0, 0.1) is 17.2 Å². The zero-order valence-corrected chi connectivity index (χ0v) is 19.9. The monoisotopic (exact) mass is 462 g/mol. The average Bonchev–Trinajstić information content (AvgIpc) is 3.24. The summed E-state index contributed by atoms with van der Waals surface area (Å²) in [5, 5.41) is 16.1. The van der Waals surface area contributed by atoms with E-state index in [2.05, 4.69) is 18.1 Å². The largest absolute Gasteiger partial charge is 0.497 e. The Kier molecular flexibility index (Phi) is 5.94. The lowest BCUT2D eigenvalue weighted by molar-refractivity contribution is 0.0231. The summed E-state index contributed by atoms with van der Waals surface area (Å²) in [4.78, 5) is 0. The molecule has 6 heteroatoms. The maximum Gasteiger partial charge on any atom is 0.125 e. The highest BCUT2D eigenvalue weighted by Gasteiger charge is 2.46. The van der Waals surface area contributed by atoms with Crippen molar-refractivity contribution in [1.82, 2.24) is 9.78 Å². The highest BCUT2D eigenvalue weighted by molar-refractivity contribution is 5.61. The van der Waals surface area contributed by atoms with Gasteiger partial charge in [-0.25, -0.2) is 9.07 Å². The molecule has 3 atom stereocenters. The number of aromatic nitrogens is 2. The molecule has 0 spiro atoms. The van der Waals surface area contributed by atoms with E-state index in [1.54, 1.807) is 26.4 Å². The average molecular weight is 463 g/mol. The Morgan fingerprint density at radius 3 is 2.71 bits per heavy atom. The Labute approximate surface area is 199 Å². The summed E-state index contributed by atoms with van der Waals surface area (Å²) < 4.78 is 26.2. The van der Waals surface area contributed by atoms with Crippen molar-refractivity contribution in [1.29, 1.82) is 0 Å². The van der Waals surface area contributed by atoms with E-state index in [9.17, 15) is 9.50 Å². The third-order valence-corrected chi connectivity index (χ3v) is 7.73. The van der Waals surface area contributed by atoms with E-state index in [4.69, 9.17) is 9.47 Å². The predicted octanol–water partition coefficient (Wildman–Crippen LogP) is 5.38. The van der Waals surface area contributed by atoms with Gasteiger partial charge in [0.25, 0.3) is 0 Å². The number of hydrogen-bond acceptors (Lipinski definition) is 4. The van der Waals surface area contributed by atoms with Gasteiger partial charge in [0.05, 0.1) is 37.9 Å². The van der Waals surface area contributed by atoms with Crippen LogP contribution in [0.2, 0.25) is 0 Å². The molecule has 1 saturated carbocycles. The minimum atomic E-state index is -0.496. The van der Waals surface area contributed by atoms with Crippen molar-refractivity contribution in [3.05, 3.63) is 76.9 Å². The fourth-order valence-electron chi connectivity index (χ4n) is 5.87. The number of nitrogens with zero attached hydrogens (tertiary/aromatic N) is 2. The first kappa shape index (κ1) is 22.7. The molecule has 2 aliphatic rings. The van der Waals surface area contributed by atoms with Crippen LogP contribution in [0.1, 0.15) is 43.0 Å². The van der Waals surface area contributed by atoms with Crippen LogP contribution in [0.15, 0.2) is 54.2 Å². The van der Waals surface area contributed by atoms with Crippen molar-refractivity contribution in [2.75, 3.05) is 14.2 Å². The maximum atomic E-state index is 13.4. The number of methoxy groups -OCH3 is 2. The second kappa shape index (κ2) is 8.91. The summed E-state index contributed by atoms with van der Waals surface area (Å²) >= 11 is 0. The molecule has 0 amide bonds. The summed E-state index contributed by atoms with van der Waals surface area (Å²) in [6.45, 7) is 2.29. The highest BCUT2D eigenvalue weighted by Crippen LogP contribution is 2.52. The smallest absolute Gasteiger partial charge is 0.125 e. The Hall–Kier alpha value is -3.12. The van der Waals surface area contributed by atoms with Gasteiger partial charge in [-0.1, -0.05) is 18.6 Å². The summed E-state index contributed by atoms with van der Waals surface area (Å²) in [7, 11) is 3.28. The molecule has 1 heterocycles. The third kappa shape index (κ3) is 3.90. The fourth-order valence-corrected chi connectivity index (χ4v) is 5.87. The summed E-state index contributed by atoms with van der Waals surface area (Å²) in [6, 6.07) is 12.2. The van der Waals surface area contributed by atoms with Crippen LogP contribution >= 0.6 is 0 Å². The van der Waals surface area contributed by atoms with Crippen LogP contribution in [0.25, 0.3) is 11.8 Å². The molecule has 1 fully saturated rings. The maximum absolute atomic E-state index is 13.4. The van der Waals surface area contributed by atoms with Gasteiger partial charge in [-0.3, -0.25) is 0 Å². The molecule has 0 aliphatic heterocycles. The molecule has 0 saturated heterocycles. The van der Waals surface area contributed by atoms with E-state index in [0.717, 1.165) is 59.7 Å². The molecule has 3 aromatic rings. The molecule has 34 heavy (non-hydrogen) atoms. The number of rotatable bonds is 6. The van der Waals surface area contributed by atoms with E-state index in [1.165, 1.54) is 17.7 Å². The third-order valence-electron chi connectivity index (χ3n) is 7.73. The Bertz CT molecular complexity index is 1220. The zero-order chi connectivity index (χ0) is 23.9. The van der Waals surface area contributed by atoms with Gasteiger partial charge >= 0.3 is 0 Å². The van der Waals surface area contributed by atoms with Crippen molar-refractivity contribution in [3.63, 3.8) is 0 Å². The Morgan fingerprint density at radius 1 is 1.18 bits per heavy atom. The first-order valence-electron chi connectivity index (χ1n) is 11.9. The SMILES string of the molecule is COc1ccc(C[C@H](O)[C@H]2CCCC3=Cc4c(cnn4-c4ccc(F)cc4)C[C@@]32C)c(OC)c1. The number of aliphatic hydroxyl groups is 1. The van der Waals surface area contributed by atoms with Gasteiger partial charge in [0.1, 0.15) is 17.3 Å². The molecule has 0 radical (unpaired) electrons. The second-order valence-electron chi connectivity index (χ2n) is 9.66. The number of aliphatic hydroxyl groups excluding tert-OH is 1. The van der Waals surface area contributed by atoms with E-state index in [1.807, 2.05) is 29.1 Å². The molecule has 1 N–H and O–H groups in total. The molecule has 2 aliphatic carbocycles. The number of hydrogen-bond donors (Lipinski definition) is 1. The molecular formula is C28H31FN2O3. The topological polar surface area (TPSA) is 56.5 Å². The van der Waals surface area contributed by atoms with Crippen LogP contribution in [0.3, 0.4) is 0 Å². The predicted molar refractivity (Wildman–Crippen MR) is 130 cm³/mol. The minimum Gasteiger partial charge on any atom is -0.497 e. The van der Waals surface area contributed by atoms with Crippen molar-refractivity contribution >= 4 is 6.08 Å². The number of benzene rings is 2. The molecule has 178 valence electrons. The Balaban J connectivity index is 1.43. The van der Waals surface area contributed by atoms with Gasteiger partial charge in [0.2, 0.25) is 0 Å². The number of fused-ring (bicyclic) bond motifs is 2. The van der Waals surface area contributed by atoms with Crippen molar-refractivity contribution in [2.45, 2.75) is 45.1 Å². The lowest BCUT2D eigenvalue weighted by Gasteiger charge is -2.47. The second-order valence-corrected chi connectivity index (χ2v) is 9.66. The van der Waals surface area contributed by atoms with E-state index >= 15 is 0 Å². The van der Waals surface area contributed by atoms with Crippen LogP contribution in [0.5, 0.6) is 11.5 Å². The number of allylic oxidation sites excluding steroid dienone is 1. The van der Waals surface area contributed by atoms with Gasteiger partial charge in [-0.2, -0.15) is 5.10 Å². The van der Waals surface area contributed by atoms with Gasteiger partial charge in [0.15, 0.2) is 0 Å². The van der Waals surface area contributed by atoms with Gasteiger partial charge < -0.3 is 14.6 Å². The standard InChI is InChI=1S/C28H31FN2O3/c1-28-16-19-17-30-31(22-10-8-21(29)9-11-22)25(19)14-20(28)5-4-6-24(28)26(32)13-18-7-12-23(33-2)15-27(18)34-3/h7-12,14-15,17,24,26,32H,4-6,13,16H2,1-3H3/t24-,26+,28+/m1/s1. The van der Waals surface area contributed by atoms with Crippen molar-refractivity contribution in [3.8, 4) is 17.2 Å². The first-order valence-corrected chi connectivity index (χ1v) is 11.9. The van der Waals surface area contributed by atoms with E-state index in [-0.39, 0.29) is 17.2 Å². The van der Waals surface area contributed by atoms with Crippen LogP contribution < -0.4 is 9.47 Å². The van der Waals surface area contributed by atoms with Gasteiger partial charge in [-0.15, -0.1) is 0 Å². The minimum absolute atomic E-state index is 0.127. The van der Waals surface area contributed by atoms with Crippen LogP contribution in [-0.4, -0.2) is 35.2 Å². The number of halogens is 1. The number of ether oxygens (including phenoxy) is 2. The van der Waals surface area contributed by atoms with Crippen LogP contribution in [-0.2, 0) is 12.8 Å². The summed E-state index contributed by atoms with van der Waals surface area (Å²) in [5.41, 5.74) is 5.28. The lowest BCUT2D eigenvalue weighted by Crippen LogP contribution is -2.44. The molecule has 1 aromatic heterocycles. The Morgan fingerprint density at radius 2 is 1.97 bits per heavy atom. The highest BCUT2D eigenvalue weighted by atomic mass is 19.1. The zero-order valence-electron chi connectivity index (χ0n) is 19.9. The summed E-state index contributed by atoms with van der Waals surface area (Å²) in [5.74, 6) is 1.35. The molecular weight excluding hydrogens is 431 g/mol.